The van der Waals surface area contributed by atoms with Crippen LogP contribution in [0.2, 0.25) is 5.02 Å². The van der Waals surface area contributed by atoms with E-state index in [-0.39, 0.29) is 11.0 Å². The largest absolute Gasteiger partial charge is 0.459 e. The van der Waals surface area contributed by atoms with E-state index < -0.39 is 0 Å². The van der Waals surface area contributed by atoms with E-state index in [0.29, 0.717) is 11.6 Å². The summed E-state index contributed by atoms with van der Waals surface area (Å²) < 4.78 is 5.69. The average Bonchev–Trinajstić information content (AvgIpc) is 2.85. The van der Waals surface area contributed by atoms with Gasteiger partial charge in [-0.1, -0.05) is 11.6 Å². The molecule has 0 bridgehead atoms. The van der Waals surface area contributed by atoms with Crippen LogP contribution < -0.4 is 10.6 Å². The van der Waals surface area contributed by atoms with Crippen molar-refractivity contribution in [1.82, 2.24) is 10.6 Å². The van der Waals surface area contributed by atoms with Crippen LogP contribution in [0.5, 0.6) is 0 Å². The van der Waals surface area contributed by atoms with Gasteiger partial charge in [0, 0.05) is 17.5 Å². The summed E-state index contributed by atoms with van der Waals surface area (Å²) in [5, 5.41) is 6.33. The van der Waals surface area contributed by atoms with E-state index in [0.717, 1.165) is 17.1 Å². The predicted molar refractivity (Wildman–Crippen MR) is 82.4 cm³/mol. The maximum absolute atomic E-state index is 10.8. The number of amides is 1. The van der Waals surface area contributed by atoms with Crippen LogP contribution >= 0.6 is 23.8 Å². The molecule has 1 heterocycles. The Kier molecular flexibility index (Phi) is 4.76. The number of hydrogen-bond acceptors (Lipinski definition) is 3. The normalized spacial score (nSPS) is 10.1. The van der Waals surface area contributed by atoms with Gasteiger partial charge in [-0.2, -0.15) is 0 Å². The summed E-state index contributed by atoms with van der Waals surface area (Å²) in [6.45, 7) is 1.81. The number of benzene rings is 1. The molecule has 2 aromatic rings. The Bertz CT molecular complexity index is 622. The lowest BCUT2D eigenvalue weighted by atomic mass is 10.2. The fourth-order valence-electron chi connectivity index (χ4n) is 1.61. The van der Waals surface area contributed by atoms with E-state index in [1.54, 1.807) is 0 Å². The highest BCUT2D eigenvalue weighted by Crippen LogP contribution is 2.23. The molecule has 2 N–H and O–H groups in total. The van der Waals surface area contributed by atoms with Crippen molar-refractivity contribution in [2.45, 2.75) is 13.5 Å². The SMILES string of the molecule is CC(=O)NC(=S)NCc1ccc(-c2ccc(Cl)cc2)o1. The Balaban J connectivity index is 1.97. The zero-order valence-corrected chi connectivity index (χ0v) is 12.3. The van der Waals surface area contributed by atoms with Crippen molar-refractivity contribution >= 4 is 34.8 Å². The second-order valence-corrected chi connectivity index (χ2v) is 4.98. The third-order valence-corrected chi connectivity index (χ3v) is 3.00. The summed E-state index contributed by atoms with van der Waals surface area (Å²) in [6, 6.07) is 11.1. The minimum absolute atomic E-state index is 0.205. The molecule has 4 nitrogen and oxygen atoms in total. The van der Waals surface area contributed by atoms with Gasteiger partial charge in [0.25, 0.3) is 0 Å². The maximum Gasteiger partial charge on any atom is 0.222 e. The quantitative estimate of drug-likeness (QED) is 0.856. The zero-order valence-electron chi connectivity index (χ0n) is 10.8. The highest BCUT2D eigenvalue weighted by atomic mass is 35.5. The first-order valence-corrected chi connectivity index (χ1v) is 6.73. The first-order valence-electron chi connectivity index (χ1n) is 5.94. The molecular weight excluding hydrogens is 296 g/mol. The van der Waals surface area contributed by atoms with Crippen molar-refractivity contribution in [3.05, 3.63) is 47.2 Å². The van der Waals surface area contributed by atoms with Crippen LogP contribution in [0.3, 0.4) is 0 Å². The Morgan fingerprint density at radius 1 is 1.25 bits per heavy atom. The molecule has 0 spiro atoms. The molecule has 0 fully saturated rings. The third-order valence-electron chi connectivity index (χ3n) is 2.50. The zero-order chi connectivity index (χ0) is 14.5. The van der Waals surface area contributed by atoms with Crippen molar-refractivity contribution in [3.63, 3.8) is 0 Å². The molecule has 0 atom stereocenters. The van der Waals surface area contributed by atoms with Gasteiger partial charge in [0.1, 0.15) is 11.5 Å². The van der Waals surface area contributed by atoms with Crippen molar-refractivity contribution in [2.75, 3.05) is 0 Å². The minimum atomic E-state index is -0.205. The van der Waals surface area contributed by atoms with E-state index in [2.05, 4.69) is 10.6 Å². The van der Waals surface area contributed by atoms with Crippen molar-refractivity contribution in [3.8, 4) is 11.3 Å². The monoisotopic (exact) mass is 308 g/mol. The molecule has 0 saturated heterocycles. The van der Waals surface area contributed by atoms with Gasteiger partial charge in [-0.25, -0.2) is 0 Å². The van der Waals surface area contributed by atoms with E-state index in [1.165, 1.54) is 6.92 Å². The molecule has 20 heavy (non-hydrogen) atoms. The molecule has 0 aliphatic rings. The van der Waals surface area contributed by atoms with E-state index in [9.17, 15) is 4.79 Å². The fourth-order valence-corrected chi connectivity index (χ4v) is 1.96. The van der Waals surface area contributed by atoms with Gasteiger partial charge in [0.2, 0.25) is 5.91 Å². The van der Waals surface area contributed by atoms with Gasteiger partial charge in [0.05, 0.1) is 6.54 Å². The molecular formula is C14H13ClN2O2S. The lowest BCUT2D eigenvalue weighted by Gasteiger charge is -2.05. The van der Waals surface area contributed by atoms with Gasteiger partial charge >= 0.3 is 0 Å². The van der Waals surface area contributed by atoms with Gasteiger partial charge in [-0.05, 0) is 48.6 Å². The van der Waals surface area contributed by atoms with Gasteiger partial charge in [0.15, 0.2) is 5.11 Å². The molecule has 0 aliphatic heterocycles. The second-order valence-electron chi connectivity index (χ2n) is 4.14. The molecule has 0 saturated carbocycles. The summed E-state index contributed by atoms with van der Waals surface area (Å²) in [6.07, 6.45) is 0. The Morgan fingerprint density at radius 2 is 1.95 bits per heavy atom. The fraction of sp³-hybridized carbons (Fsp3) is 0.143. The van der Waals surface area contributed by atoms with Crippen LogP contribution in [-0.2, 0) is 11.3 Å². The van der Waals surface area contributed by atoms with Gasteiger partial charge < -0.3 is 15.1 Å². The molecule has 2 rings (SSSR count). The topological polar surface area (TPSA) is 54.3 Å². The van der Waals surface area contributed by atoms with Crippen molar-refractivity contribution in [1.29, 1.82) is 0 Å². The molecule has 6 heteroatoms. The Labute approximate surface area is 127 Å². The molecule has 0 unspecified atom stereocenters. The molecule has 1 aromatic heterocycles. The van der Waals surface area contributed by atoms with Crippen LogP contribution in [0.15, 0.2) is 40.8 Å². The Morgan fingerprint density at radius 3 is 2.60 bits per heavy atom. The summed E-state index contributed by atoms with van der Waals surface area (Å²) in [4.78, 5) is 10.8. The lowest BCUT2D eigenvalue weighted by molar-refractivity contribution is -0.117. The van der Waals surface area contributed by atoms with Crippen molar-refractivity contribution in [2.24, 2.45) is 0 Å². The predicted octanol–water partition coefficient (Wildman–Crippen LogP) is 3.11. The van der Waals surface area contributed by atoms with Crippen LogP contribution in [-0.4, -0.2) is 11.0 Å². The first-order chi connectivity index (χ1) is 9.54. The minimum Gasteiger partial charge on any atom is -0.459 e. The lowest BCUT2D eigenvalue weighted by Crippen LogP contribution is -2.37. The maximum atomic E-state index is 10.8. The van der Waals surface area contributed by atoms with E-state index in [4.69, 9.17) is 28.2 Å². The smallest absolute Gasteiger partial charge is 0.222 e. The van der Waals surface area contributed by atoms with E-state index >= 15 is 0 Å². The highest BCUT2D eigenvalue weighted by molar-refractivity contribution is 7.80. The average molecular weight is 309 g/mol. The van der Waals surface area contributed by atoms with Gasteiger partial charge in [-0.15, -0.1) is 0 Å². The first kappa shape index (κ1) is 14.6. The molecule has 1 amide bonds. The Hall–Kier alpha value is -1.85. The van der Waals surface area contributed by atoms with Crippen LogP contribution in [0.1, 0.15) is 12.7 Å². The number of thiocarbonyl (C=S) groups is 1. The number of nitrogens with one attached hydrogen (secondary N) is 2. The molecule has 104 valence electrons. The number of rotatable bonds is 3. The van der Waals surface area contributed by atoms with Crippen LogP contribution in [0.4, 0.5) is 0 Å². The van der Waals surface area contributed by atoms with Crippen LogP contribution in [0.25, 0.3) is 11.3 Å². The summed E-state index contributed by atoms with van der Waals surface area (Å²) >= 11 is 10.8. The summed E-state index contributed by atoms with van der Waals surface area (Å²) in [5.74, 6) is 1.27. The highest BCUT2D eigenvalue weighted by Gasteiger charge is 2.05. The number of carbonyl (C=O) groups is 1. The third kappa shape index (κ3) is 4.08. The molecule has 0 aliphatic carbocycles. The number of hydrogen-bond donors (Lipinski definition) is 2. The number of halogens is 1. The standard InChI is InChI=1S/C14H13ClN2O2S/c1-9(18)17-14(20)16-8-12-6-7-13(19-12)10-2-4-11(15)5-3-10/h2-7H,8H2,1H3,(H2,16,17,18,20). The summed E-state index contributed by atoms with van der Waals surface area (Å²) in [5.41, 5.74) is 0.949. The van der Waals surface area contributed by atoms with E-state index in [1.807, 2.05) is 36.4 Å². The number of carbonyl (C=O) groups excluding carboxylic acids is 1. The molecule has 1 aromatic carbocycles. The number of furan rings is 1. The second kappa shape index (κ2) is 6.54. The summed E-state index contributed by atoms with van der Waals surface area (Å²) in [7, 11) is 0. The van der Waals surface area contributed by atoms with Gasteiger partial charge in [-0.3, -0.25) is 4.79 Å². The van der Waals surface area contributed by atoms with Crippen molar-refractivity contribution < 1.29 is 9.21 Å². The van der Waals surface area contributed by atoms with Crippen LogP contribution in [0, 0.1) is 0 Å². The molecule has 0 radical (unpaired) electrons.